The average molecular weight is 382 g/mol. The topological polar surface area (TPSA) is 49.6 Å². The zero-order valence-electron chi connectivity index (χ0n) is 17.5. The van der Waals surface area contributed by atoms with E-state index in [1.54, 1.807) is 4.90 Å². The summed E-state index contributed by atoms with van der Waals surface area (Å²) < 4.78 is 5.33. The van der Waals surface area contributed by atoms with Crippen LogP contribution in [0.5, 0.6) is 0 Å². The number of carbonyl (C=O) groups excluding carboxylic acids is 1. The van der Waals surface area contributed by atoms with Crippen LogP contribution in [0.25, 0.3) is 0 Å². The fourth-order valence-corrected chi connectivity index (χ4v) is 5.17. The molecule has 1 saturated heterocycles. The van der Waals surface area contributed by atoms with Crippen LogP contribution < -0.4 is 0 Å². The first kappa shape index (κ1) is 19.2. The molecule has 2 heterocycles. The van der Waals surface area contributed by atoms with Crippen LogP contribution in [0, 0.1) is 13.8 Å². The minimum absolute atomic E-state index is 0.225. The third kappa shape index (κ3) is 3.37. The number of nitrogens with zero attached hydrogens (tertiary/aromatic N) is 3. The van der Waals surface area contributed by atoms with Gasteiger partial charge in [0, 0.05) is 32.6 Å². The molecule has 0 N–H and O–H groups in total. The summed E-state index contributed by atoms with van der Waals surface area (Å²) in [5, 5.41) is 4.10. The van der Waals surface area contributed by atoms with Gasteiger partial charge in [-0.1, -0.05) is 29.4 Å². The molecule has 5 heteroatoms. The largest absolute Gasteiger partial charge is 0.361 e. The summed E-state index contributed by atoms with van der Waals surface area (Å²) in [6.07, 6.45) is 4.03. The third-order valence-electron chi connectivity index (χ3n) is 6.91. The van der Waals surface area contributed by atoms with E-state index in [0.717, 1.165) is 50.4 Å². The maximum atomic E-state index is 12.4. The molecule has 1 aliphatic carbocycles. The van der Waals surface area contributed by atoms with Crippen LogP contribution in [0.4, 0.5) is 0 Å². The zero-order valence-corrected chi connectivity index (χ0v) is 17.5. The van der Waals surface area contributed by atoms with Crippen LogP contribution in [-0.2, 0) is 16.8 Å². The average Bonchev–Trinajstić information content (AvgIpc) is 3.16. The highest BCUT2D eigenvalue weighted by Crippen LogP contribution is 2.52. The summed E-state index contributed by atoms with van der Waals surface area (Å²) in [5.74, 6) is 1.51. The van der Waals surface area contributed by atoms with Gasteiger partial charge in [-0.3, -0.25) is 9.69 Å². The molecule has 28 heavy (non-hydrogen) atoms. The molecule has 1 aliphatic heterocycles. The van der Waals surface area contributed by atoms with Crippen molar-refractivity contribution in [3.8, 4) is 0 Å². The number of piperidine rings is 1. The smallest absolute Gasteiger partial charge is 0.222 e. The molecular formula is C23H31N3O2. The van der Waals surface area contributed by atoms with Gasteiger partial charge in [0.25, 0.3) is 0 Å². The van der Waals surface area contributed by atoms with Crippen molar-refractivity contribution in [1.82, 2.24) is 15.0 Å². The Bertz CT molecular complexity index is 843. The van der Waals surface area contributed by atoms with Gasteiger partial charge >= 0.3 is 0 Å². The van der Waals surface area contributed by atoms with Crippen molar-refractivity contribution >= 4 is 5.91 Å². The molecule has 0 saturated carbocycles. The SMILES string of the molecule is Cc1noc(C)c1CN1CCC2(CC1)C[C@H](CC(=O)N(C)C)c1ccccc12. The molecule has 0 radical (unpaired) electrons. The minimum Gasteiger partial charge on any atom is -0.361 e. The maximum absolute atomic E-state index is 12.4. The van der Waals surface area contributed by atoms with E-state index in [1.807, 2.05) is 27.9 Å². The maximum Gasteiger partial charge on any atom is 0.222 e. The van der Waals surface area contributed by atoms with E-state index < -0.39 is 0 Å². The van der Waals surface area contributed by atoms with E-state index >= 15 is 0 Å². The van der Waals surface area contributed by atoms with E-state index in [4.69, 9.17) is 4.52 Å². The normalized spacial score (nSPS) is 21.1. The van der Waals surface area contributed by atoms with Gasteiger partial charge in [0.1, 0.15) is 5.76 Å². The number of aromatic nitrogens is 1. The van der Waals surface area contributed by atoms with Crippen LogP contribution in [-0.4, -0.2) is 48.0 Å². The summed E-state index contributed by atoms with van der Waals surface area (Å²) in [6.45, 7) is 7.10. The highest BCUT2D eigenvalue weighted by atomic mass is 16.5. The second-order valence-electron chi connectivity index (χ2n) is 8.84. The van der Waals surface area contributed by atoms with Gasteiger partial charge in [0.05, 0.1) is 5.69 Å². The van der Waals surface area contributed by atoms with Gasteiger partial charge in [-0.05, 0) is 68.7 Å². The number of hydrogen-bond donors (Lipinski definition) is 0. The molecule has 0 unspecified atom stereocenters. The van der Waals surface area contributed by atoms with E-state index in [9.17, 15) is 4.79 Å². The minimum atomic E-state index is 0.225. The highest BCUT2D eigenvalue weighted by Gasteiger charge is 2.45. The van der Waals surface area contributed by atoms with E-state index in [2.05, 4.69) is 34.3 Å². The molecule has 5 nitrogen and oxygen atoms in total. The van der Waals surface area contributed by atoms with Gasteiger partial charge in [-0.25, -0.2) is 0 Å². The molecular weight excluding hydrogens is 350 g/mol. The Kier molecular flexibility index (Phi) is 5.04. The number of amides is 1. The van der Waals surface area contributed by atoms with Crippen LogP contribution in [0.3, 0.4) is 0 Å². The summed E-state index contributed by atoms with van der Waals surface area (Å²) in [5.41, 5.74) is 5.35. The quantitative estimate of drug-likeness (QED) is 0.808. The van der Waals surface area contributed by atoms with Crippen molar-refractivity contribution in [2.24, 2.45) is 0 Å². The van der Waals surface area contributed by atoms with Gasteiger partial charge in [0.15, 0.2) is 0 Å². The number of rotatable bonds is 4. The van der Waals surface area contributed by atoms with Crippen molar-refractivity contribution < 1.29 is 9.32 Å². The van der Waals surface area contributed by atoms with Crippen molar-refractivity contribution in [1.29, 1.82) is 0 Å². The lowest BCUT2D eigenvalue weighted by Crippen LogP contribution is -2.41. The number of benzene rings is 1. The summed E-state index contributed by atoms with van der Waals surface area (Å²) >= 11 is 0. The molecule has 1 aromatic carbocycles. The predicted octanol–water partition coefficient (Wildman–Crippen LogP) is 3.79. The molecule has 4 rings (SSSR count). The monoisotopic (exact) mass is 381 g/mol. The first-order valence-corrected chi connectivity index (χ1v) is 10.3. The van der Waals surface area contributed by atoms with Crippen LogP contribution in [0.15, 0.2) is 28.8 Å². The lowest BCUT2D eigenvalue weighted by molar-refractivity contribution is -0.129. The summed E-state index contributed by atoms with van der Waals surface area (Å²) in [4.78, 5) is 16.6. The Morgan fingerprint density at radius 3 is 2.61 bits per heavy atom. The number of carbonyl (C=O) groups is 1. The standard InChI is InChI=1S/C23H31N3O2/c1-16-20(17(2)28-24-16)15-26-11-9-23(10-12-26)14-18(13-22(27)25(3)4)19-7-5-6-8-21(19)23/h5-8,18H,9-15H2,1-4H3/t18-/m0/s1. The lowest BCUT2D eigenvalue weighted by atomic mass is 9.73. The van der Waals surface area contributed by atoms with E-state index in [0.29, 0.717) is 12.3 Å². The predicted molar refractivity (Wildman–Crippen MR) is 109 cm³/mol. The van der Waals surface area contributed by atoms with E-state index in [-0.39, 0.29) is 11.3 Å². The highest BCUT2D eigenvalue weighted by molar-refractivity contribution is 5.77. The number of aryl methyl sites for hydroxylation is 2. The molecule has 1 fully saturated rings. The van der Waals surface area contributed by atoms with Gasteiger partial charge in [-0.2, -0.15) is 0 Å². The molecule has 0 bridgehead atoms. The molecule has 1 amide bonds. The zero-order chi connectivity index (χ0) is 19.9. The van der Waals surface area contributed by atoms with Crippen molar-refractivity contribution in [3.05, 3.63) is 52.4 Å². The molecule has 150 valence electrons. The first-order valence-electron chi connectivity index (χ1n) is 10.3. The first-order chi connectivity index (χ1) is 13.4. The Hall–Kier alpha value is -2.14. The van der Waals surface area contributed by atoms with Crippen LogP contribution in [0.1, 0.15) is 59.7 Å². The molecule has 2 aliphatic rings. The molecule has 1 aromatic heterocycles. The second kappa shape index (κ2) is 7.36. The number of fused-ring (bicyclic) bond motifs is 2. The Balaban J connectivity index is 1.49. The van der Waals surface area contributed by atoms with Crippen LogP contribution in [0.2, 0.25) is 0 Å². The Labute approximate surface area is 167 Å². The molecule has 1 spiro atoms. The van der Waals surface area contributed by atoms with Crippen LogP contribution >= 0.6 is 0 Å². The summed E-state index contributed by atoms with van der Waals surface area (Å²) in [6, 6.07) is 8.83. The Morgan fingerprint density at radius 2 is 1.96 bits per heavy atom. The van der Waals surface area contributed by atoms with Gasteiger partial charge in [0.2, 0.25) is 5.91 Å². The Morgan fingerprint density at radius 1 is 1.25 bits per heavy atom. The van der Waals surface area contributed by atoms with Crippen molar-refractivity contribution in [2.75, 3.05) is 27.2 Å². The van der Waals surface area contributed by atoms with E-state index in [1.165, 1.54) is 16.7 Å². The fraction of sp³-hybridized carbons (Fsp3) is 0.565. The number of hydrogen-bond acceptors (Lipinski definition) is 4. The van der Waals surface area contributed by atoms with Crippen molar-refractivity contribution in [3.63, 3.8) is 0 Å². The number of likely N-dealkylation sites (tertiary alicyclic amines) is 1. The third-order valence-corrected chi connectivity index (χ3v) is 6.91. The van der Waals surface area contributed by atoms with Gasteiger partial charge in [-0.15, -0.1) is 0 Å². The van der Waals surface area contributed by atoms with Crippen molar-refractivity contribution in [2.45, 2.75) is 57.4 Å². The second-order valence-corrected chi connectivity index (χ2v) is 8.84. The fourth-order valence-electron chi connectivity index (χ4n) is 5.17. The molecule has 1 atom stereocenters. The lowest BCUT2D eigenvalue weighted by Gasteiger charge is -2.40. The summed E-state index contributed by atoms with van der Waals surface area (Å²) in [7, 11) is 3.71. The van der Waals surface area contributed by atoms with Gasteiger partial charge < -0.3 is 9.42 Å². The molecule has 2 aromatic rings.